The normalized spacial score (nSPS) is 12.1. The standard InChI is InChI=1S/C15H18N2O4/c1-2-11(10-18)17(9-12-5-4-8-21-12)15(20)14-13(19)6-3-7-16-14/h3-8,11,18-19H,2,9-10H2,1H3. The van der Waals surface area contributed by atoms with Gasteiger partial charge in [0, 0.05) is 6.20 Å². The van der Waals surface area contributed by atoms with Crippen LogP contribution in [0.4, 0.5) is 0 Å². The van der Waals surface area contributed by atoms with Gasteiger partial charge in [-0.3, -0.25) is 4.79 Å². The first-order valence-electron chi connectivity index (χ1n) is 6.75. The Hall–Kier alpha value is -2.34. The quantitative estimate of drug-likeness (QED) is 0.847. The van der Waals surface area contributed by atoms with Gasteiger partial charge >= 0.3 is 0 Å². The van der Waals surface area contributed by atoms with E-state index in [-0.39, 0.29) is 30.6 Å². The van der Waals surface area contributed by atoms with Crippen LogP contribution in [0.2, 0.25) is 0 Å². The van der Waals surface area contributed by atoms with Crippen molar-refractivity contribution < 1.29 is 19.4 Å². The van der Waals surface area contributed by atoms with E-state index in [0.717, 1.165) is 0 Å². The van der Waals surface area contributed by atoms with E-state index in [1.165, 1.54) is 23.4 Å². The number of aliphatic hydroxyl groups is 1. The fourth-order valence-corrected chi connectivity index (χ4v) is 2.08. The van der Waals surface area contributed by atoms with Crippen molar-refractivity contribution >= 4 is 5.91 Å². The Balaban J connectivity index is 2.30. The number of hydrogen-bond acceptors (Lipinski definition) is 5. The molecule has 0 aliphatic carbocycles. The lowest BCUT2D eigenvalue weighted by Gasteiger charge is -2.29. The number of pyridine rings is 1. The summed E-state index contributed by atoms with van der Waals surface area (Å²) in [6.45, 7) is 1.92. The second-order valence-corrected chi connectivity index (χ2v) is 4.63. The molecule has 2 aromatic rings. The maximum atomic E-state index is 12.6. The molecule has 21 heavy (non-hydrogen) atoms. The van der Waals surface area contributed by atoms with Gasteiger partial charge in [0.1, 0.15) is 11.5 Å². The van der Waals surface area contributed by atoms with Gasteiger partial charge in [-0.1, -0.05) is 6.92 Å². The van der Waals surface area contributed by atoms with E-state index in [1.807, 2.05) is 6.92 Å². The lowest BCUT2D eigenvalue weighted by atomic mass is 10.1. The molecule has 0 spiro atoms. The molecule has 112 valence electrons. The highest BCUT2D eigenvalue weighted by Gasteiger charge is 2.26. The first-order chi connectivity index (χ1) is 10.2. The summed E-state index contributed by atoms with van der Waals surface area (Å²) in [6.07, 6.45) is 3.55. The third kappa shape index (κ3) is 3.41. The van der Waals surface area contributed by atoms with Crippen LogP contribution in [0.1, 0.15) is 29.6 Å². The number of aromatic nitrogens is 1. The number of aliphatic hydroxyl groups excluding tert-OH is 1. The molecular formula is C15H18N2O4. The summed E-state index contributed by atoms with van der Waals surface area (Å²) in [5, 5.41) is 19.3. The first kappa shape index (κ1) is 15.1. The number of carbonyl (C=O) groups is 1. The largest absolute Gasteiger partial charge is 0.505 e. The fraction of sp³-hybridized carbons (Fsp3) is 0.333. The van der Waals surface area contributed by atoms with Crippen molar-refractivity contribution in [2.75, 3.05) is 6.61 Å². The topological polar surface area (TPSA) is 86.8 Å². The minimum Gasteiger partial charge on any atom is -0.505 e. The second kappa shape index (κ2) is 6.90. The Morgan fingerprint density at radius 2 is 2.24 bits per heavy atom. The Kier molecular flexibility index (Phi) is 4.94. The highest BCUT2D eigenvalue weighted by atomic mass is 16.3. The van der Waals surface area contributed by atoms with E-state index in [9.17, 15) is 15.0 Å². The van der Waals surface area contributed by atoms with Crippen LogP contribution in [0.25, 0.3) is 0 Å². The Morgan fingerprint density at radius 3 is 2.81 bits per heavy atom. The summed E-state index contributed by atoms with van der Waals surface area (Å²) >= 11 is 0. The minimum absolute atomic E-state index is 0.0315. The molecule has 0 bridgehead atoms. The average Bonchev–Trinajstić information content (AvgIpc) is 3.00. The summed E-state index contributed by atoms with van der Waals surface area (Å²) in [6, 6.07) is 6.07. The van der Waals surface area contributed by atoms with Crippen molar-refractivity contribution in [3.63, 3.8) is 0 Å². The van der Waals surface area contributed by atoms with Gasteiger partial charge in [0.2, 0.25) is 0 Å². The van der Waals surface area contributed by atoms with Gasteiger partial charge in [-0.05, 0) is 30.7 Å². The highest BCUT2D eigenvalue weighted by molar-refractivity contribution is 5.94. The molecular weight excluding hydrogens is 272 g/mol. The molecule has 0 saturated carbocycles. The molecule has 1 unspecified atom stereocenters. The van der Waals surface area contributed by atoms with Crippen molar-refractivity contribution in [2.24, 2.45) is 0 Å². The predicted octanol–water partition coefficient (Wildman–Crippen LogP) is 1.79. The molecule has 6 heteroatoms. The number of hydrogen-bond donors (Lipinski definition) is 2. The molecule has 1 amide bonds. The van der Waals surface area contributed by atoms with Gasteiger partial charge in [0.05, 0.1) is 25.5 Å². The van der Waals surface area contributed by atoms with Crippen LogP contribution in [0, 0.1) is 0 Å². The van der Waals surface area contributed by atoms with Crippen molar-refractivity contribution in [1.29, 1.82) is 0 Å². The third-order valence-electron chi connectivity index (χ3n) is 3.28. The van der Waals surface area contributed by atoms with Crippen LogP contribution >= 0.6 is 0 Å². The van der Waals surface area contributed by atoms with Crippen molar-refractivity contribution in [3.05, 3.63) is 48.2 Å². The molecule has 1 atom stereocenters. The molecule has 0 saturated heterocycles. The van der Waals surface area contributed by atoms with E-state index in [1.54, 1.807) is 18.2 Å². The van der Waals surface area contributed by atoms with E-state index in [4.69, 9.17) is 4.42 Å². The van der Waals surface area contributed by atoms with Gasteiger partial charge in [-0.15, -0.1) is 0 Å². The van der Waals surface area contributed by atoms with E-state index < -0.39 is 5.91 Å². The van der Waals surface area contributed by atoms with Gasteiger partial charge in [0.25, 0.3) is 5.91 Å². The Bertz CT molecular complexity index is 579. The summed E-state index contributed by atoms with van der Waals surface area (Å²) in [5.41, 5.74) is -0.0315. The lowest BCUT2D eigenvalue weighted by Crippen LogP contribution is -2.42. The summed E-state index contributed by atoms with van der Waals surface area (Å²) in [4.78, 5) is 18.0. The zero-order valence-electron chi connectivity index (χ0n) is 11.8. The molecule has 0 aromatic carbocycles. The van der Waals surface area contributed by atoms with Gasteiger partial charge < -0.3 is 19.5 Å². The van der Waals surface area contributed by atoms with E-state index in [0.29, 0.717) is 12.2 Å². The van der Waals surface area contributed by atoms with E-state index >= 15 is 0 Å². The van der Waals surface area contributed by atoms with Crippen molar-refractivity contribution in [1.82, 2.24) is 9.88 Å². The van der Waals surface area contributed by atoms with Crippen LogP contribution in [-0.2, 0) is 6.54 Å². The molecule has 2 rings (SSSR count). The lowest BCUT2D eigenvalue weighted by molar-refractivity contribution is 0.0536. The first-order valence-corrected chi connectivity index (χ1v) is 6.75. The van der Waals surface area contributed by atoms with Crippen LogP contribution in [-0.4, -0.2) is 38.7 Å². The maximum absolute atomic E-state index is 12.6. The fourth-order valence-electron chi connectivity index (χ4n) is 2.08. The van der Waals surface area contributed by atoms with E-state index in [2.05, 4.69) is 4.98 Å². The van der Waals surface area contributed by atoms with Crippen molar-refractivity contribution in [2.45, 2.75) is 25.9 Å². The SMILES string of the molecule is CCC(CO)N(Cc1ccco1)C(=O)c1ncccc1O. The Labute approximate surface area is 122 Å². The molecule has 0 fully saturated rings. The maximum Gasteiger partial charge on any atom is 0.277 e. The Morgan fingerprint density at radius 1 is 1.43 bits per heavy atom. The van der Waals surface area contributed by atoms with Crippen molar-refractivity contribution in [3.8, 4) is 5.75 Å². The zero-order valence-corrected chi connectivity index (χ0v) is 11.8. The molecule has 0 aliphatic rings. The predicted molar refractivity (Wildman–Crippen MR) is 75.6 cm³/mol. The number of nitrogens with zero attached hydrogens (tertiary/aromatic N) is 2. The van der Waals surface area contributed by atoms with Crippen LogP contribution < -0.4 is 0 Å². The minimum atomic E-state index is -0.439. The third-order valence-corrected chi connectivity index (χ3v) is 3.28. The van der Waals surface area contributed by atoms with Crippen LogP contribution in [0.3, 0.4) is 0 Å². The average molecular weight is 290 g/mol. The molecule has 2 aromatic heterocycles. The van der Waals surface area contributed by atoms with Gasteiger partial charge in [0.15, 0.2) is 5.69 Å². The number of carbonyl (C=O) groups excluding carboxylic acids is 1. The number of furan rings is 1. The van der Waals surface area contributed by atoms with Gasteiger partial charge in [-0.25, -0.2) is 4.98 Å². The molecule has 6 nitrogen and oxygen atoms in total. The van der Waals surface area contributed by atoms with Gasteiger partial charge in [-0.2, -0.15) is 0 Å². The smallest absolute Gasteiger partial charge is 0.277 e. The number of rotatable bonds is 6. The highest BCUT2D eigenvalue weighted by Crippen LogP contribution is 2.20. The van der Waals surface area contributed by atoms with Crippen LogP contribution in [0.5, 0.6) is 5.75 Å². The summed E-state index contributed by atoms with van der Waals surface area (Å²) in [5.74, 6) is -0.0178. The molecule has 2 N–H and O–H groups in total. The number of amides is 1. The van der Waals surface area contributed by atoms with Crippen LogP contribution in [0.15, 0.2) is 41.1 Å². The molecule has 0 radical (unpaired) electrons. The summed E-state index contributed by atoms with van der Waals surface area (Å²) in [7, 11) is 0. The number of aromatic hydroxyl groups is 1. The zero-order chi connectivity index (χ0) is 15.2. The second-order valence-electron chi connectivity index (χ2n) is 4.63. The molecule has 0 aliphatic heterocycles. The monoisotopic (exact) mass is 290 g/mol. The summed E-state index contributed by atoms with van der Waals surface area (Å²) < 4.78 is 5.26. The molecule has 2 heterocycles.